The van der Waals surface area contributed by atoms with Crippen molar-refractivity contribution < 1.29 is 10.2 Å². The summed E-state index contributed by atoms with van der Waals surface area (Å²) >= 11 is 0. The molecule has 5 nitrogen and oxygen atoms in total. The summed E-state index contributed by atoms with van der Waals surface area (Å²) in [5.74, 6) is 0.385. The number of rotatable bonds is 5. The van der Waals surface area contributed by atoms with Gasteiger partial charge in [-0.2, -0.15) is 0 Å². The molecule has 0 saturated carbocycles. The van der Waals surface area contributed by atoms with Gasteiger partial charge in [0.2, 0.25) is 0 Å². The average Bonchev–Trinajstić information content (AvgIpc) is 3.08. The van der Waals surface area contributed by atoms with E-state index in [2.05, 4.69) is 45.0 Å². The Bertz CT molecular complexity index is 837. The number of aromatic hydroxyl groups is 1. The summed E-state index contributed by atoms with van der Waals surface area (Å²) in [5, 5.41) is 20.4. The van der Waals surface area contributed by atoms with Gasteiger partial charge in [0.15, 0.2) is 0 Å². The minimum atomic E-state index is -0.196. The van der Waals surface area contributed by atoms with Gasteiger partial charge in [-0.05, 0) is 24.5 Å². The van der Waals surface area contributed by atoms with Gasteiger partial charge in [0.1, 0.15) is 5.75 Å². The Morgan fingerprint density at radius 3 is 2.41 bits per heavy atom. The van der Waals surface area contributed by atoms with Crippen LogP contribution in [0.5, 0.6) is 5.75 Å². The fourth-order valence-electron chi connectivity index (χ4n) is 5.68. The Kier molecular flexibility index (Phi) is 5.08. The molecule has 154 valence electrons. The van der Waals surface area contributed by atoms with E-state index in [-0.39, 0.29) is 11.6 Å². The number of fused-ring (bicyclic) bond motifs is 2. The fourth-order valence-corrected chi connectivity index (χ4v) is 5.68. The maximum absolute atomic E-state index is 10.3. The Labute approximate surface area is 173 Å². The van der Waals surface area contributed by atoms with E-state index in [1.807, 2.05) is 18.2 Å². The van der Waals surface area contributed by atoms with E-state index in [0.717, 1.165) is 64.2 Å². The second-order valence-electron chi connectivity index (χ2n) is 9.16. The molecule has 3 heterocycles. The monoisotopic (exact) mass is 393 g/mol. The zero-order valence-electron chi connectivity index (χ0n) is 17.0. The highest BCUT2D eigenvalue weighted by Crippen LogP contribution is 2.39. The standard InChI is InChI=1S/C24H31N3O2/c28-22-12-21-14-25(11-10-19-6-2-1-3-7-19)16-24(27(21)15-22)17-26(18-24)13-20-8-4-5-9-23(20)29/h1-9,21-22,28-29H,10-18H2/t21-,22-/m1/s1. The third-order valence-electron chi connectivity index (χ3n) is 6.97. The molecule has 2 atom stereocenters. The number of likely N-dealkylation sites (tertiary alicyclic amines) is 1. The number of β-amino-alcohol motifs (C(OH)–C–C–N with tert-alkyl or cyclic N) is 1. The molecule has 29 heavy (non-hydrogen) atoms. The van der Waals surface area contributed by atoms with Crippen LogP contribution in [-0.4, -0.2) is 81.9 Å². The molecular weight excluding hydrogens is 362 g/mol. The summed E-state index contributed by atoms with van der Waals surface area (Å²) in [7, 11) is 0. The van der Waals surface area contributed by atoms with Crippen LogP contribution >= 0.6 is 0 Å². The van der Waals surface area contributed by atoms with E-state index < -0.39 is 0 Å². The lowest BCUT2D eigenvalue weighted by Crippen LogP contribution is -2.77. The van der Waals surface area contributed by atoms with E-state index >= 15 is 0 Å². The Morgan fingerprint density at radius 1 is 0.897 bits per heavy atom. The number of para-hydroxylation sites is 1. The predicted octanol–water partition coefficient (Wildman–Crippen LogP) is 1.94. The topological polar surface area (TPSA) is 50.2 Å². The number of piperazine rings is 1. The molecule has 3 aliphatic heterocycles. The number of aliphatic hydroxyl groups excluding tert-OH is 1. The summed E-state index contributed by atoms with van der Waals surface area (Å²) < 4.78 is 0. The maximum atomic E-state index is 10.3. The van der Waals surface area contributed by atoms with Crippen molar-refractivity contribution in [1.82, 2.24) is 14.7 Å². The Morgan fingerprint density at radius 2 is 1.62 bits per heavy atom. The number of phenolic OH excluding ortho intramolecular Hbond substituents is 1. The first-order chi connectivity index (χ1) is 14.1. The van der Waals surface area contributed by atoms with E-state index in [1.54, 1.807) is 6.07 Å². The van der Waals surface area contributed by atoms with Crippen LogP contribution in [0.4, 0.5) is 0 Å². The van der Waals surface area contributed by atoms with Crippen LogP contribution < -0.4 is 0 Å². The van der Waals surface area contributed by atoms with Crippen LogP contribution in [0.2, 0.25) is 0 Å². The SMILES string of the molecule is Oc1ccccc1CN1CC2(CN(CCc3ccccc3)C[C@H]3C[C@@H](O)CN32)C1. The van der Waals surface area contributed by atoms with Crippen molar-refractivity contribution in [3.05, 3.63) is 65.7 Å². The lowest BCUT2D eigenvalue weighted by molar-refractivity contribution is -0.116. The van der Waals surface area contributed by atoms with Gasteiger partial charge < -0.3 is 10.2 Å². The van der Waals surface area contributed by atoms with Gasteiger partial charge in [-0.3, -0.25) is 14.7 Å². The van der Waals surface area contributed by atoms with E-state index in [9.17, 15) is 10.2 Å². The van der Waals surface area contributed by atoms with Gasteiger partial charge in [-0.15, -0.1) is 0 Å². The lowest BCUT2D eigenvalue weighted by atomic mass is 9.83. The number of aliphatic hydroxyl groups is 1. The first kappa shape index (κ1) is 19.1. The number of hydrogen-bond acceptors (Lipinski definition) is 5. The normalized spacial score (nSPS) is 27.1. The molecule has 2 aromatic carbocycles. The molecule has 0 aromatic heterocycles. The summed E-state index contributed by atoms with van der Waals surface area (Å²) in [4.78, 5) is 7.64. The van der Waals surface area contributed by atoms with Gasteiger partial charge in [-0.25, -0.2) is 0 Å². The second kappa shape index (κ2) is 7.73. The highest BCUT2D eigenvalue weighted by atomic mass is 16.3. The van der Waals surface area contributed by atoms with Crippen molar-refractivity contribution in [1.29, 1.82) is 0 Å². The minimum absolute atomic E-state index is 0.140. The van der Waals surface area contributed by atoms with Crippen molar-refractivity contribution in [2.24, 2.45) is 0 Å². The highest BCUT2D eigenvalue weighted by Gasteiger charge is 2.55. The van der Waals surface area contributed by atoms with E-state index in [0.29, 0.717) is 11.8 Å². The first-order valence-corrected chi connectivity index (χ1v) is 10.8. The van der Waals surface area contributed by atoms with Gasteiger partial charge in [-0.1, -0.05) is 48.5 Å². The molecule has 0 bridgehead atoms. The van der Waals surface area contributed by atoms with Gasteiger partial charge >= 0.3 is 0 Å². The molecule has 0 amide bonds. The third-order valence-corrected chi connectivity index (χ3v) is 6.97. The molecule has 3 saturated heterocycles. The molecule has 0 radical (unpaired) electrons. The molecular formula is C24H31N3O2. The molecule has 0 aliphatic carbocycles. The van der Waals surface area contributed by atoms with Crippen molar-refractivity contribution in [2.45, 2.75) is 37.1 Å². The molecule has 3 aliphatic rings. The quantitative estimate of drug-likeness (QED) is 0.813. The Hall–Kier alpha value is -1.92. The van der Waals surface area contributed by atoms with Gasteiger partial charge in [0.25, 0.3) is 0 Å². The highest BCUT2D eigenvalue weighted by molar-refractivity contribution is 5.32. The predicted molar refractivity (Wildman–Crippen MR) is 114 cm³/mol. The van der Waals surface area contributed by atoms with E-state index in [1.165, 1.54) is 5.56 Å². The van der Waals surface area contributed by atoms with Crippen LogP contribution in [0.1, 0.15) is 17.5 Å². The smallest absolute Gasteiger partial charge is 0.120 e. The van der Waals surface area contributed by atoms with Gasteiger partial charge in [0.05, 0.1) is 11.6 Å². The second-order valence-corrected chi connectivity index (χ2v) is 9.16. The van der Waals surface area contributed by atoms with E-state index in [4.69, 9.17) is 0 Å². The zero-order chi connectivity index (χ0) is 19.8. The first-order valence-electron chi connectivity index (χ1n) is 10.8. The number of hydrogen-bond donors (Lipinski definition) is 2. The lowest BCUT2D eigenvalue weighted by Gasteiger charge is -2.61. The van der Waals surface area contributed by atoms with Crippen LogP contribution in [0.25, 0.3) is 0 Å². The van der Waals surface area contributed by atoms with Crippen molar-refractivity contribution in [2.75, 3.05) is 39.3 Å². The number of nitrogens with zero attached hydrogens (tertiary/aromatic N) is 3. The summed E-state index contributed by atoms with van der Waals surface area (Å²) in [6.07, 6.45) is 1.77. The largest absolute Gasteiger partial charge is 0.508 e. The maximum Gasteiger partial charge on any atom is 0.120 e. The van der Waals surface area contributed by atoms with Crippen LogP contribution in [-0.2, 0) is 13.0 Å². The van der Waals surface area contributed by atoms with Crippen molar-refractivity contribution in [3.63, 3.8) is 0 Å². The molecule has 5 rings (SSSR count). The van der Waals surface area contributed by atoms with Crippen molar-refractivity contribution in [3.8, 4) is 5.75 Å². The summed E-state index contributed by atoms with van der Waals surface area (Å²) in [6, 6.07) is 18.8. The summed E-state index contributed by atoms with van der Waals surface area (Å²) in [6.45, 7) is 6.82. The molecule has 3 fully saturated rings. The van der Waals surface area contributed by atoms with Crippen LogP contribution in [0, 0.1) is 0 Å². The molecule has 2 N–H and O–H groups in total. The van der Waals surface area contributed by atoms with Crippen LogP contribution in [0.15, 0.2) is 54.6 Å². The third kappa shape index (κ3) is 3.80. The zero-order valence-corrected chi connectivity index (χ0v) is 17.0. The van der Waals surface area contributed by atoms with Crippen LogP contribution in [0.3, 0.4) is 0 Å². The molecule has 5 heteroatoms. The average molecular weight is 394 g/mol. The fraction of sp³-hybridized carbons (Fsp3) is 0.500. The number of phenols is 1. The minimum Gasteiger partial charge on any atom is -0.508 e. The summed E-state index contributed by atoms with van der Waals surface area (Å²) in [5.41, 5.74) is 2.53. The molecule has 2 aromatic rings. The number of benzene rings is 2. The molecule has 0 unspecified atom stereocenters. The Balaban J connectivity index is 1.26. The molecule has 1 spiro atoms. The van der Waals surface area contributed by atoms with Crippen molar-refractivity contribution >= 4 is 0 Å². The van der Waals surface area contributed by atoms with Gasteiger partial charge in [0, 0.05) is 57.4 Å².